The number of aliphatic hydroxyl groups excluding tert-OH is 1. The van der Waals surface area contributed by atoms with Gasteiger partial charge in [0.15, 0.2) is 0 Å². The highest BCUT2D eigenvalue weighted by Crippen LogP contribution is 2.16. The Morgan fingerprint density at radius 1 is 0.958 bits per heavy atom. The average Bonchev–Trinajstić information content (AvgIpc) is 2.55. The minimum Gasteiger partial charge on any atom is -0.507 e. The van der Waals surface area contributed by atoms with Crippen molar-refractivity contribution in [2.45, 2.75) is 0 Å². The molecule has 0 unspecified atom stereocenters. The number of para-hydroxylation sites is 1. The van der Waals surface area contributed by atoms with Gasteiger partial charge in [0.25, 0.3) is 5.91 Å². The predicted octanol–water partition coefficient (Wildman–Crippen LogP) is 2.63. The summed E-state index contributed by atoms with van der Waals surface area (Å²) in [5, 5.41) is 21.0. The number of aromatic carboxylic acids is 1. The topological polar surface area (TPSA) is 104 Å². The van der Waals surface area contributed by atoms with Gasteiger partial charge >= 0.3 is 5.97 Å². The molecule has 0 aliphatic heterocycles. The summed E-state index contributed by atoms with van der Waals surface area (Å²) in [6.45, 7) is 0. The number of ketones is 1. The van der Waals surface area contributed by atoms with Crippen LogP contribution in [0.4, 0.5) is 10.1 Å². The van der Waals surface area contributed by atoms with Crippen LogP contribution < -0.4 is 5.32 Å². The first-order chi connectivity index (χ1) is 11.4. The Labute approximate surface area is 135 Å². The van der Waals surface area contributed by atoms with Crippen LogP contribution in [0.3, 0.4) is 0 Å². The van der Waals surface area contributed by atoms with E-state index in [4.69, 9.17) is 5.11 Å². The molecule has 7 heteroatoms. The molecule has 0 bridgehead atoms. The van der Waals surface area contributed by atoms with Crippen molar-refractivity contribution in [1.29, 1.82) is 0 Å². The number of hydrogen-bond donors (Lipinski definition) is 3. The fourth-order valence-electron chi connectivity index (χ4n) is 1.86. The number of carbonyl (C=O) groups is 3. The molecule has 1 amide bonds. The predicted molar refractivity (Wildman–Crippen MR) is 84.0 cm³/mol. The van der Waals surface area contributed by atoms with Crippen LogP contribution in [0.1, 0.15) is 15.9 Å². The van der Waals surface area contributed by atoms with Gasteiger partial charge in [-0.15, -0.1) is 0 Å². The number of nitrogens with one attached hydrogen (secondary N) is 1. The van der Waals surface area contributed by atoms with Crippen LogP contribution >= 0.6 is 0 Å². The molecule has 0 spiro atoms. The molecule has 122 valence electrons. The summed E-state index contributed by atoms with van der Waals surface area (Å²) < 4.78 is 12.8. The number of carboxylic acids is 1. The van der Waals surface area contributed by atoms with E-state index in [1.54, 1.807) is 0 Å². The highest BCUT2D eigenvalue weighted by Gasteiger charge is 2.17. The quantitative estimate of drug-likeness (QED) is 0.444. The van der Waals surface area contributed by atoms with E-state index in [1.807, 2.05) is 0 Å². The van der Waals surface area contributed by atoms with E-state index in [1.165, 1.54) is 36.4 Å². The van der Waals surface area contributed by atoms with Crippen LogP contribution in [0.15, 0.2) is 54.6 Å². The largest absolute Gasteiger partial charge is 0.507 e. The van der Waals surface area contributed by atoms with Crippen LogP contribution in [0.25, 0.3) is 5.76 Å². The molecule has 2 rings (SSSR count). The zero-order chi connectivity index (χ0) is 17.7. The number of anilines is 1. The van der Waals surface area contributed by atoms with Gasteiger partial charge in [0.1, 0.15) is 11.6 Å². The molecule has 0 atom stereocenters. The van der Waals surface area contributed by atoms with E-state index >= 15 is 0 Å². The Bertz CT molecular complexity index is 827. The number of carboxylic acid groups (broad SMARTS) is 1. The summed E-state index contributed by atoms with van der Waals surface area (Å²) >= 11 is 0. The summed E-state index contributed by atoms with van der Waals surface area (Å²) in [6.07, 6.45) is 0.673. The van der Waals surface area contributed by atoms with E-state index < -0.39 is 29.2 Å². The van der Waals surface area contributed by atoms with Crippen LogP contribution in [-0.4, -0.2) is 27.9 Å². The monoisotopic (exact) mass is 329 g/mol. The van der Waals surface area contributed by atoms with Gasteiger partial charge in [-0.1, -0.05) is 12.1 Å². The Hall–Kier alpha value is -3.48. The van der Waals surface area contributed by atoms with E-state index in [2.05, 4.69) is 5.32 Å². The van der Waals surface area contributed by atoms with Crippen molar-refractivity contribution in [3.05, 3.63) is 71.6 Å². The number of benzene rings is 2. The summed E-state index contributed by atoms with van der Waals surface area (Å²) in [7, 11) is 0. The average molecular weight is 329 g/mol. The van der Waals surface area contributed by atoms with Gasteiger partial charge in [0.05, 0.1) is 11.3 Å². The molecule has 0 aliphatic carbocycles. The summed E-state index contributed by atoms with van der Waals surface area (Å²) in [4.78, 5) is 34.7. The number of amides is 1. The minimum atomic E-state index is -1.26. The lowest BCUT2D eigenvalue weighted by Gasteiger charge is -2.06. The maximum Gasteiger partial charge on any atom is 0.337 e. The van der Waals surface area contributed by atoms with Gasteiger partial charge < -0.3 is 15.5 Å². The van der Waals surface area contributed by atoms with Crippen LogP contribution in [0, 0.1) is 5.82 Å². The van der Waals surface area contributed by atoms with Gasteiger partial charge in [-0.25, -0.2) is 9.18 Å². The first-order valence-electron chi connectivity index (χ1n) is 6.72. The normalized spacial score (nSPS) is 11.0. The first kappa shape index (κ1) is 16.9. The zero-order valence-electron chi connectivity index (χ0n) is 12.2. The molecular weight excluding hydrogens is 317 g/mol. The molecule has 0 radical (unpaired) electrons. The van der Waals surface area contributed by atoms with E-state index in [0.29, 0.717) is 6.08 Å². The second-order valence-corrected chi connectivity index (χ2v) is 4.71. The van der Waals surface area contributed by atoms with Gasteiger partial charge in [-0.3, -0.25) is 9.59 Å². The minimum absolute atomic E-state index is 0.0435. The standard InChI is InChI=1S/C17H12FNO5/c18-11-7-5-10(6-8-11)14(20)9-15(21)16(22)19-13-4-2-1-3-12(13)17(23)24/h1-9,20H,(H,19,22)(H,23,24)/b14-9-. The van der Waals surface area contributed by atoms with Gasteiger partial charge in [-0.2, -0.15) is 0 Å². The van der Waals surface area contributed by atoms with Crippen molar-refractivity contribution in [2.75, 3.05) is 5.32 Å². The molecule has 0 fully saturated rings. The van der Waals surface area contributed by atoms with Gasteiger partial charge in [0, 0.05) is 11.6 Å². The van der Waals surface area contributed by atoms with E-state index in [-0.39, 0.29) is 16.8 Å². The zero-order valence-corrected chi connectivity index (χ0v) is 12.2. The summed E-state index contributed by atoms with van der Waals surface area (Å²) in [5.41, 5.74) is -0.0631. The molecular formula is C17H12FNO5. The lowest BCUT2D eigenvalue weighted by atomic mass is 10.1. The maximum absolute atomic E-state index is 12.8. The number of aliphatic hydroxyl groups is 1. The molecule has 3 N–H and O–H groups in total. The third kappa shape index (κ3) is 4.04. The first-order valence-corrected chi connectivity index (χ1v) is 6.72. The Morgan fingerprint density at radius 3 is 2.21 bits per heavy atom. The molecule has 0 aromatic heterocycles. The molecule has 6 nitrogen and oxygen atoms in total. The van der Waals surface area contributed by atoms with Crippen LogP contribution in [-0.2, 0) is 9.59 Å². The van der Waals surface area contributed by atoms with E-state index in [9.17, 15) is 23.9 Å². The lowest BCUT2D eigenvalue weighted by molar-refractivity contribution is -0.131. The molecule has 2 aromatic rings. The van der Waals surface area contributed by atoms with Crippen LogP contribution in [0.5, 0.6) is 0 Å². The smallest absolute Gasteiger partial charge is 0.337 e. The number of carbonyl (C=O) groups excluding carboxylic acids is 2. The number of halogens is 1. The fraction of sp³-hybridized carbons (Fsp3) is 0. The fourth-order valence-corrected chi connectivity index (χ4v) is 1.86. The Morgan fingerprint density at radius 2 is 1.58 bits per heavy atom. The second kappa shape index (κ2) is 7.19. The Balaban J connectivity index is 2.15. The lowest BCUT2D eigenvalue weighted by Crippen LogP contribution is -2.22. The van der Waals surface area contributed by atoms with Crippen molar-refractivity contribution >= 4 is 29.1 Å². The molecule has 0 saturated carbocycles. The maximum atomic E-state index is 12.8. The Kier molecular flexibility index (Phi) is 5.06. The molecule has 0 aliphatic rings. The highest BCUT2D eigenvalue weighted by molar-refractivity contribution is 6.45. The van der Waals surface area contributed by atoms with Crippen molar-refractivity contribution in [3.8, 4) is 0 Å². The summed E-state index contributed by atoms with van der Waals surface area (Å²) in [5.74, 6) is -4.49. The van der Waals surface area contributed by atoms with Gasteiger partial charge in [0.2, 0.25) is 5.78 Å². The number of rotatable bonds is 5. The summed E-state index contributed by atoms with van der Waals surface area (Å²) in [6, 6.07) is 10.2. The highest BCUT2D eigenvalue weighted by atomic mass is 19.1. The third-order valence-corrected chi connectivity index (χ3v) is 3.04. The second-order valence-electron chi connectivity index (χ2n) is 4.71. The van der Waals surface area contributed by atoms with E-state index in [0.717, 1.165) is 12.1 Å². The van der Waals surface area contributed by atoms with Crippen molar-refractivity contribution in [1.82, 2.24) is 0 Å². The van der Waals surface area contributed by atoms with Gasteiger partial charge in [-0.05, 0) is 36.4 Å². The van der Waals surface area contributed by atoms with Crippen molar-refractivity contribution < 1.29 is 29.0 Å². The SMILES string of the molecule is O=C(/C=C(\O)c1ccc(F)cc1)C(=O)Nc1ccccc1C(=O)O. The third-order valence-electron chi connectivity index (χ3n) is 3.04. The molecule has 0 saturated heterocycles. The van der Waals surface area contributed by atoms with Crippen LogP contribution in [0.2, 0.25) is 0 Å². The molecule has 0 heterocycles. The molecule has 24 heavy (non-hydrogen) atoms. The van der Waals surface area contributed by atoms with Crippen molar-refractivity contribution in [2.24, 2.45) is 0 Å². The van der Waals surface area contributed by atoms with Crippen molar-refractivity contribution in [3.63, 3.8) is 0 Å². The molecule has 2 aromatic carbocycles. The number of hydrogen-bond acceptors (Lipinski definition) is 4.